The number of hydrogen-bond acceptors (Lipinski definition) is 1. The van der Waals surface area contributed by atoms with Crippen molar-refractivity contribution in [2.24, 2.45) is 0 Å². The minimum Gasteiger partial charge on any atom is -0.358 e. The standard InChI is InChI=1S/C18H24ClN3O/c1-4-21-7-9-22(10-8-21)11-15-13(3)20-17-12(2)16(19)6-5-14(17)18(15)23/h5-6H,4,7-11H2,1-3H3,(H,20,23)/p+2. The highest BCUT2D eigenvalue weighted by atomic mass is 35.5. The van der Waals surface area contributed by atoms with Crippen LogP contribution >= 0.6 is 11.6 Å². The fourth-order valence-corrected chi connectivity index (χ4v) is 3.74. The topological polar surface area (TPSA) is 41.7 Å². The predicted octanol–water partition coefficient (Wildman–Crippen LogP) is 0.102. The van der Waals surface area contributed by atoms with Gasteiger partial charge in [-0.15, -0.1) is 0 Å². The molecular weight excluding hydrogens is 310 g/mol. The minimum atomic E-state index is 0.161. The number of rotatable bonds is 3. The minimum absolute atomic E-state index is 0.161. The lowest BCUT2D eigenvalue weighted by molar-refractivity contribution is -1.02. The quantitative estimate of drug-likeness (QED) is 0.732. The zero-order chi connectivity index (χ0) is 16.6. The smallest absolute Gasteiger partial charge is 0.198 e. The lowest BCUT2D eigenvalue weighted by Crippen LogP contribution is -3.27. The van der Waals surface area contributed by atoms with Crippen molar-refractivity contribution >= 4 is 22.5 Å². The number of H-pyrrole nitrogens is 1. The average Bonchev–Trinajstić information content (AvgIpc) is 2.56. The third-order valence-electron chi connectivity index (χ3n) is 5.27. The van der Waals surface area contributed by atoms with Gasteiger partial charge in [-0.05, 0) is 38.5 Å². The lowest BCUT2D eigenvalue weighted by Gasteiger charge is -2.29. The van der Waals surface area contributed by atoms with Crippen LogP contribution < -0.4 is 15.2 Å². The van der Waals surface area contributed by atoms with Crippen LogP contribution in [0.2, 0.25) is 5.02 Å². The molecule has 1 fully saturated rings. The van der Waals surface area contributed by atoms with E-state index < -0.39 is 0 Å². The first-order valence-corrected chi connectivity index (χ1v) is 8.86. The number of pyridine rings is 1. The third-order valence-corrected chi connectivity index (χ3v) is 5.68. The molecule has 0 unspecified atom stereocenters. The van der Waals surface area contributed by atoms with Crippen LogP contribution in [0.25, 0.3) is 10.9 Å². The molecule has 2 aromatic rings. The summed E-state index contributed by atoms with van der Waals surface area (Å²) in [5.41, 5.74) is 3.89. The fraction of sp³-hybridized carbons (Fsp3) is 0.500. The van der Waals surface area contributed by atoms with Gasteiger partial charge in [0.15, 0.2) is 5.43 Å². The molecule has 124 valence electrons. The molecule has 2 heterocycles. The Bertz CT molecular complexity index is 776. The normalized spacial score (nSPS) is 21.7. The van der Waals surface area contributed by atoms with Crippen molar-refractivity contribution in [1.29, 1.82) is 0 Å². The maximum absolute atomic E-state index is 12.9. The SMILES string of the molecule is CC[NH+]1CC[NH+](Cc2c(C)[nH]c3c(C)c(Cl)ccc3c2=O)CC1. The second-order valence-electron chi connectivity index (χ2n) is 6.68. The van der Waals surface area contributed by atoms with Gasteiger partial charge in [-0.3, -0.25) is 4.79 Å². The Labute approximate surface area is 142 Å². The summed E-state index contributed by atoms with van der Waals surface area (Å²) in [6.07, 6.45) is 0. The molecule has 1 aliphatic heterocycles. The molecule has 0 amide bonds. The number of nitrogens with one attached hydrogen (secondary N) is 3. The Morgan fingerprint density at radius 1 is 1.13 bits per heavy atom. The summed E-state index contributed by atoms with van der Waals surface area (Å²) < 4.78 is 0. The number of quaternary nitrogens is 2. The van der Waals surface area contributed by atoms with Gasteiger partial charge >= 0.3 is 0 Å². The number of halogens is 1. The Hall–Kier alpha value is -1.36. The molecule has 0 radical (unpaired) electrons. The van der Waals surface area contributed by atoms with Gasteiger partial charge < -0.3 is 14.8 Å². The second-order valence-corrected chi connectivity index (χ2v) is 7.09. The summed E-state index contributed by atoms with van der Waals surface area (Å²) in [5.74, 6) is 0. The van der Waals surface area contributed by atoms with Crippen LogP contribution in [0, 0.1) is 13.8 Å². The Kier molecular flexibility index (Phi) is 4.76. The van der Waals surface area contributed by atoms with E-state index in [1.54, 1.807) is 4.90 Å². The number of aromatic nitrogens is 1. The first kappa shape index (κ1) is 16.5. The maximum Gasteiger partial charge on any atom is 0.198 e. The van der Waals surface area contributed by atoms with E-state index >= 15 is 0 Å². The highest BCUT2D eigenvalue weighted by Gasteiger charge is 2.24. The molecule has 5 heteroatoms. The summed E-state index contributed by atoms with van der Waals surface area (Å²) >= 11 is 6.19. The molecule has 1 aliphatic rings. The van der Waals surface area contributed by atoms with Gasteiger partial charge in [0.2, 0.25) is 0 Å². The molecule has 3 N–H and O–H groups in total. The van der Waals surface area contributed by atoms with Crippen molar-refractivity contribution in [1.82, 2.24) is 4.98 Å². The summed E-state index contributed by atoms with van der Waals surface area (Å²) in [6.45, 7) is 12.9. The number of piperazine rings is 1. The molecule has 1 aromatic heterocycles. The Balaban J connectivity index is 1.93. The number of aromatic amines is 1. The second kappa shape index (κ2) is 6.63. The van der Waals surface area contributed by atoms with Crippen LogP contribution in [0.3, 0.4) is 0 Å². The third kappa shape index (κ3) is 3.16. The molecule has 0 spiro atoms. The van der Waals surface area contributed by atoms with Crippen molar-refractivity contribution in [3.63, 3.8) is 0 Å². The summed E-state index contributed by atoms with van der Waals surface area (Å²) in [6, 6.07) is 3.67. The predicted molar refractivity (Wildman–Crippen MR) is 94.7 cm³/mol. The van der Waals surface area contributed by atoms with Gasteiger partial charge in [-0.2, -0.15) is 0 Å². The van der Waals surface area contributed by atoms with Crippen LogP contribution in [0.1, 0.15) is 23.7 Å². The first-order valence-electron chi connectivity index (χ1n) is 8.49. The zero-order valence-electron chi connectivity index (χ0n) is 14.2. The molecule has 0 atom stereocenters. The van der Waals surface area contributed by atoms with E-state index in [9.17, 15) is 4.79 Å². The fourth-order valence-electron chi connectivity index (χ4n) is 3.58. The molecule has 1 saturated heterocycles. The van der Waals surface area contributed by atoms with Crippen molar-refractivity contribution in [3.8, 4) is 0 Å². The number of hydrogen-bond donors (Lipinski definition) is 3. The molecular formula is C18H26ClN3O+2. The van der Waals surface area contributed by atoms with Gasteiger partial charge in [-0.1, -0.05) is 11.6 Å². The molecule has 0 aliphatic carbocycles. The number of benzene rings is 1. The van der Waals surface area contributed by atoms with Gasteiger partial charge in [0.25, 0.3) is 0 Å². The Morgan fingerprint density at radius 2 is 1.78 bits per heavy atom. The van der Waals surface area contributed by atoms with Gasteiger partial charge in [0.1, 0.15) is 32.7 Å². The van der Waals surface area contributed by atoms with E-state index in [2.05, 4.69) is 11.9 Å². The number of fused-ring (bicyclic) bond motifs is 1. The number of likely N-dealkylation sites (N-methyl/N-ethyl adjacent to an activating group) is 1. The molecule has 1 aromatic carbocycles. The zero-order valence-corrected chi connectivity index (χ0v) is 14.9. The van der Waals surface area contributed by atoms with Crippen LogP contribution in [0.4, 0.5) is 0 Å². The van der Waals surface area contributed by atoms with Crippen LogP contribution in [0.5, 0.6) is 0 Å². The van der Waals surface area contributed by atoms with E-state index in [-0.39, 0.29) is 5.43 Å². The molecule has 3 rings (SSSR count). The van der Waals surface area contributed by atoms with Gasteiger partial charge in [-0.25, -0.2) is 0 Å². The molecule has 0 saturated carbocycles. The first-order chi connectivity index (χ1) is 11.0. The van der Waals surface area contributed by atoms with Crippen molar-refractivity contribution in [2.75, 3.05) is 32.7 Å². The van der Waals surface area contributed by atoms with E-state index in [1.807, 2.05) is 26.0 Å². The van der Waals surface area contributed by atoms with Crippen LogP contribution in [-0.4, -0.2) is 37.7 Å². The lowest BCUT2D eigenvalue weighted by atomic mass is 10.0. The highest BCUT2D eigenvalue weighted by Crippen LogP contribution is 2.22. The molecule has 0 bridgehead atoms. The van der Waals surface area contributed by atoms with Crippen LogP contribution in [-0.2, 0) is 6.54 Å². The van der Waals surface area contributed by atoms with Gasteiger partial charge in [0, 0.05) is 16.1 Å². The number of aryl methyl sites for hydroxylation is 2. The maximum atomic E-state index is 12.9. The van der Waals surface area contributed by atoms with E-state index in [4.69, 9.17) is 11.6 Å². The van der Waals surface area contributed by atoms with E-state index in [0.717, 1.165) is 47.4 Å². The summed E-state index contributed by atoms with van der Waals surface area (Å²) in [5, 5.41) is 1.45. The van der Waals surface area contributed by atoms with Crippen LogP contribution in [0.15, 0.2) is 16.9 Å². The largest absolute Gasteiger partial charge is 0.358 e. The van der Waals surface area contributed by atoms with Crippen molar-refractivity contribution < 1.29 is 9.80 Å². The molecule has 4 nitrogen and oxygen atoms in total. The average molecular weight is 336 g/mol. The van der Waals surface area contributed by atoms with Crippen molar-refractivity contribution in [2.45, 2.75) is 27.3 Å². The molecule has 23 heavy (non-hydrogen) atoms. The van der Waals surface area contributed by atoms with E-state index in [0.29, 0.717) is 5.02 Å². The summed E-state index contributed by atoms with van der Waals surface area (Å²) in [4.78, 5) is 19.5. The van der Waals surface area contributed by atoms with Gasteiger partial charge in [0.05, 0.1) is 17.6 Å². The monoisotopic (exact) mass is 335 g/mol. The highest BCUT2D eigenvalue weighted by molar-refractivity contribution is 6.32. The Morgan fingerprint density at radius 3 is 2.43 bits per heavy atom. The summed E-state index contributed by atoms with van der Waals surface area (Å²) in [7, 11) is 0. The van der Waals surface area contributed by atoms with E-state index in [1.165, 1.54) is 24.5 Å². The van der Waals surface area contributed by atoms with Crippen molar-refractivity contribution in [3.05, 3.63) is 44.2 Å².